The molecule has 64 valence electrons. The summed E-state index contributed by atoms with van der Waals surface area (Å²) < 4.78 is 5.23. The van der Waals surface area contributed by atoms with Crippen molar-refractivity contribution < 1.29 is 4.74 Å². The Morgan fingerprint density at radius 2 is 1.91 bits per heavy atom. The molecular weight excluding hydrogens is 140 g/mol. The van der Waals surface area contributed by atoms with Gasteiger partial charge >= 0.3 is 0 Å². The van der Waals surface area contributed by atoms with Crippen LogP contribution in [0.25, 0.3) is 0 Å². The smallest absolute Gasteiger partial charge is 0.0544 e. The number of nitrogens with two attached hydrogens (primary N) is 1. The van der Waals surface area contributed by atoms with E-state index in [1.165, 1.54) is 25.7 Å². The molecule has 0 aromatic heterocycles. The van der Waals surface area contributed by atoms with Crippen LogP contribution >= 0.6 is 0 Å². The van der Waals surface area contributed by atoms with Crippen molar-refractivity contribution in [1.82, 2.24) is 5.43 Å². The van der Waals surface area contributed by atoms with Gasteiger partial charge in [-0.15, -0.1) is 0 Å². The third-order valence-corrected chi connectivity index (χ3v) is 3.10. The summed E-state index contributed by atoms with van der Waals surface area (Å²) >= 11 is 0. The molecule has 1 aliphatic carbocycles. The molecule has 2 fully saturated rings. The van der Waals surface area contributed by atoms with Crippen molar-refractivity contribution >= 4 is 0 Å². The van der Waals surface area contributed by atoms with E-state index in [0.717, 1.165) is 13.2 Å². The van der Waals surface area contributed by atoms with Gasteiger partial charge in [-0.05, 0) is 25.7 Å². The zero-order valence-electron chi connectivity index (χ0n) is 6.81. The minimum absolute atomic E-state index is 0.557. The Morgan fingerprint density at radius 3 is 2.27 bits per heavy atom. The van der Waals surface area contributed by atoms with Gasteiger partial charge in [0, 0.05) is 11.5 Å². The molecule has 1 saturated heterocycles. The Labute approximate surface area is 67.3 Å². The average Bonchev–Trinajstić information content (AvgIpc) is 2.02. The lowest BCUT2D eigenvalue weighted by molar-refractivity contribution is -0.133. The van der Waals surface area contributed by atoms with Crippen molar-refractivity contribution in [2.75, 3.05) is 13.2 Å². The molecular formula is C8H16N2O. The van der Waals surface area contributed by atoms with Gasteiger partial charge in [-0.3, -0.25) is 11.3 Å². The number of hydrogen-bond donors (Lipinski definition) is 2. The Kier molecular flexibility index (Phi) is 1.87. The van der Waals surface area contributed by atoms with Gasteiger partial charge in [-0.1, -0.05) is 0 Å². The molecule has 0 aromatic carbocycles. The molecule has 0 radical (unpaired) electrons. The third-order valence-electron chi connectivity index (χ3n) is 3.10. The monoisotopic (exact) mass is 156 g/mol. The first-order valence-corrected chi connectivity index (χ1v) is 4.39. The first-order valence-electron chi connectivity index (χ1n) is 4.39. The molecule has 0 aromatic rings. The van der Waals surface area contributed by atoms with E-state index in [1.807, 2.05) is 0 Å². The molecule has 1 heterocycles. The highest BCUT2D eigenvalue weighted by Gasteiger charge is 2.41. The molecule has 1 spiro atoms. The van der Waals surface area contributed by atoms with Gasteiger partial charge in [0.05, 0.1) is 13.2 Å². The van der Waals surface area contributed by atoms with E-state index in [-0.39, 0.29) is 0 Å². The molecule has 2 rings (SSSR count). The summed E-state index contributed by atoms with van der Waals surface area (Å²) in [6.07, 6.45) is 5.03. The first kappa shape index (κ1) is 7.53. The Bertz CT molecular complexity index is 135. The van der Waals surface area contributed by atoms with Crippen LogP contribution in [-0.4, -0.2) is 19.3 Å². The van der Waals surface area contributed by atoms with Crippen LogP contribution in [-0.2, 0) is 4.74 Å². The van der Waals surface area contributed by atoms with Gasteiger partial charge < -0.3 is 4.74 Å². The van der Waals surface area contributed by atoms with E-state index < -0.39 is 0 Å². The highest BCUT2D eigenvalue weighted by atomic mass is 16.5. The van der Waals surface area contributed by atoms with Crippen molar-refractivity contribution in [3.63, 3.8) is 0 Å². The lowest BCUT2D eigenvalue weighted by Crippen LogP contribution is -2.49. The highest BCUT2D eigenvalue weighted by Crippen LogP contribution is 2.41. The van der Waals surface area contributed by atoms with Crippen molar-refractivity contribution in [2.45, 2.75) is 31.7 Å². The lowest BCUT2D eigenvalue weighted by Gasteiger charge is -2.46. The number of nitrogens with one attached hydrogen (secondary N) is 1. The summed E-state index contributed by atoms with van der Waals surface area (Å²) in [5, 5.41) is 0. The highest BCUT2D eigenvalue weighted by molar-refractivity contribution is 4.91. The van der Waals surface area contributed by atoms with Gasteiger partial charge in [0.1, 0.15) is 0 Å². The van der Waals surface area contributed by atoms with Crippen molar-refractivity contribution in [2.24, 2.45) is 11.3 Å². The molecule has 1 aliphatic heterocycles. The number of rotatable bonds is 1. The van der Waals surface area contributed by atoms with Crippen molar-refractivity contribution in [3.8, 4) is 0 Å². The van der Waals surface area contributed by atoms with Crippen molar-refractivity contribution in [1.29, 1.82) is 0 Å². The standard InChI is InChI=1S/C8H16N2O/c9-10-7-1-3-8(4-2-7)5-11-6-8/h7,10H,1-6,9H2. The van der Waals surface area contributed by atoms with Crippen LogP contribution in [0.2, 0.25) is 0 Å². The summed E-state index contributed by atoms with van der Waals surface area (Å²) in [5.41, 5.74) is 3.41. The Hall–Kier alpha value is -0.120. The second-order valence-electron chi connectivity index (χ2n) is 3.93. The quantitative estimate of drug-likeness (QED) is 0.427. The molecule has 0 amide bonds. The second-order valence-corrected chi connectivity index (χ2v) is 3.93. The number of hydrazine groups is 1. The third kappa shape index (κ3) is 1.28. The van der Waals surface area contributed by atoms with E-state index in [2.05, 4.69) is 5.43 Å². The fourth-order valence-corrected chi connectivity index (χ4v) is 2.08. The van der Waals surface area contributed by atoms with E-state index in [0.29, 0.717) is 11.5 Å². The maximum Gasteiger partial charge on any atom is 0.0544 e. The van der Waals surface area contributed by atoms with Crippen LogP contribution < -0.4 is 11.3 Å². The summed E-state index contributed by atoms with van der Waals surface area (Å²) in [4.78, 5) is 0. The SMILES string of the molecule is NNC1CCC2(CC1)COC2. The van der Waals surface area contributed by atoms with E-state index in [4.69, 9.17) is 10.6 Å². The molecule has 3 N–H and O–H groups in total. The van der Waals surface area contributed by atoms with Crippen LogP contribution in [0, 0.1) is 5.41 Å². The van der Waals surface area contributed by atoms with Gasteiger partial charge in [-0.25, -0.2) is 0 Å². The lowest BCUT2D eigenvalue weighted by atomic mass is 9.71. The zero-order valence-corrected chi connectivity index (χ0v) is 6.81. The molecule has 2 aliphatic rings. The molecule has 0 bridgehead atoms. The fourth-order valence-electron chi connectivity index (χ4n) is 2.08. The Morgan fingerprint density at radius 1 is 1.27 bits per heavy atom. The van der Waals surface area contributed by atoms with Gasteiger partial charge in [0.2, 0.25) is 0 Å². The van der Waals surface area contributed by atoms with E-state index in [1.54, 1.807) is 0 Å². The maximum absolute atomic E-state index is 5.37. The predicted molar refractivity (Wildman–Crippen MR) is 42.8 cm³/mol. The summed E-state index contributed by atoms with van der Waals surface area (Å²) in [7, 11) is 0. The normalized spacial score (nSPS) is 30.3. The number of hydrogen-bond acceptors (Lipinski definition) is 3. The van der Waals surface area contributed by atoms with Gasteiger partial charge in [-0.2, -0.15) is 0 Å². The van der Waals surface area contributed by atoms with E-state index >= 15 is 0 Å². The van der Waals surface area contributed by atoms with Crippen molar-refractivity contribution in [3.05, 3.63) is 0 Å². The van der Waals surface area contributed by atoms with Crippen LogP contribution in [0.3, 0.4) is 0 Å². The van der Waals surface area contributed by atoms with Gasteiger partial charge in [0.15, 0.2) is 0 Å². The van der Waals surface area contributed by atoms with Crippen LogP contribution in [0.5, 0.6) is 0 Å². The minimum atomic E-state index is 0.557. The summed E-state index contributed by atoms with van der Waals surface area (Å²) in [6, 6.07) is 0.557. The topological polar surface area (TPSA) is 47.3 Å². The minimum Gasteiger partial charge on any atom is -0.380 e. The predicted octanol–water partition coefficient (Wildman–Crippen LogP) is 0.409. The van der Waals surface area contributed by atoms with E-state index in [9.17, 15) is 0 Å². The van der Waals surface area contributed by atoms with Crippen LogP contribution in [0.15, 0.2) is 0 Å². The second kappa shape index (κ2) is 2.73. The maximum atomic E-state index is 5.37. The van der Waals surface area contributed by atoms with Crippen LogP contribution in [0.4, 0.5) is 0 Å². The number of ether oxygens (including phenoxy) is 1. The van der Waals surface area contributed by atoms with Gasteiger partial charge in [0.25, 0.3) is 0 Å². The first-order chi connectivity index (χ1) is 5.35. The molecule has 0 atom stereocenters. The molecule has 3 heteroatoms. The largest absolute Gasteiger partial charge is 0.380 e. The fraction of sp³-hybridized carbons (Fsp3) is 1.00. The average molecular weight is 156 g/mol. The summed E-state index contributed by atoms with van der Waals surface area (Å²) in [6.45, 7) is 1.98. The molecule has 11 heavy (non-hydrogen) atoms. The van der Waals surface area contributed by atoms with Crippen LogP contribution in [0.1, 0.15) is 25.7 Å². The molecule has 0 unspecified atom stereocenters. The summed E-state index contributed by atoms with van der Waals surface area (Å²) in [5.74, 6) is 5.37. The Balaban J connectivity index is 1.84. The molecule has 1 saturated carbocycles. The zero-order chi connectivity index (χ0) is 7.73. The molecule has 3 nitrogen and oxygen atoms in total.